The topological polar surface area (TPSA) is 64.7 Å². The van der Waals surface area contributed by atoms with E-state index in [1.807, 2.05) is 0 Å². The minimum atomic E-state index is -0.420. The monoisotopic (exact) mass is 182 g/mol. The van der Waals surface area contributed by atoms with Gasteiger partial charge in [0.2, 0.25) is 0 Å². The van der Waals surface area contributed by atoms with Crippen molar-refractivity contribution in [2.75, 3.05) is 7.11 Å². The summed E-state index contributed by atoms with van der Waals surface area (Å²) in [6, 6.07) is 0. The van der Waals surface area contributed by atoms with Crippen LogP contribution in [0.15, 0.2) is 28.6 Å². The van der Waals surface area contributed by atoms with Gasteiger partial charge in [-0.3, -0.25) is 10.1 Å². The van der Waals surface area contributed by atoms with Gasteiger partial charge in [0.25, 0.3) is 5.70 Å². The Morgan fingerprint density at radius 3 is 2.92 bits per heavy atom. The van der Waals surface area contributed by atoms with Gasteiger partial charge in [-0.2, -0.15) is 0 Å². The predicted molar refractivity (Wildman–Crippen MR) is 47.9 cm³/mol. The smallest absolute Gasteiger partial charge is 0.273 e. The minimum absolute atomic E-state index is 0.0852. The lowest BCUT2D eigenvalue weighted by atomic mass is 10.0. The summed E-state index contributed by atoms with van der Waals surface area (Å²) in [6.45, 7) is 1.67. The zero-order valence-corrected chi connectivity index (χ0v) is 7.48. The third kappa shape index (κ3) is 1.93. The molecule has 0 saturated carbocycles. The Labute approximate surface area is 75.5 Å². The zero-order valence-electron chi connectivity index (χ0n) is 7.48. The second-order valence-electron chi connectivity index (χ2n) is 2.59. The van der Waals surface area contributed by atoms with E-state index in [-0.39, 0.29) is 5.70 Å². The SMILES string of the molecule is CO/N=C1\CC=CC([N+](=O)[O-])=C1C. The highest BCUT2D eigenvalue weighted by atomic mass is 16.6. The van der Waals surface area contributed by atoms with Gasteiger partial charge in [0.15, 0.2) is 0 Å². The molecule has 0 unspecified atom stereocenters. The third-order valence-electron chi connectivity index (χ3n) is 1.80. The van der Waals surface area contributed by atoms with E-state index < -0.39 is 4.92 Å². The fourth-order valence-corrected chi connectivity index (χ4v) is 1.12. The van der Waals surface area contributed by atoms with E-state index in [2.05, 4.69) is 9.99 Å². The summed E-state index contributed by atoms with van der Waals surface area (Å²) in [5.74, 6) is 0. The highest BCUT2D eigenvalue weighted by Gasteiger charge is 2.19. The Kier molecular flexibility index (Phi) is 2.79. The maximum Gasteiger partial charge on any atom is 0.273 e. The molecule has 0 aromatic carbocycles. The van der Waals surface area contributed by atoms with E-state index in [4.69, 9.17) is 0 Å². The molecule has 0 saturated heterocycles. The molecule has 1 aliphatic rings. The first-order valence-corrected chi connectivity index (χ1v) is 3.79. The molecule has 0 N–H and O–H groups in total. The second kappa shape index (κ2) is 3.84. The minimum Gasteiger partial charge on any atom is -0.399 e. The molecule has 0 aliphatic heterocycles. The van der Waals surface area contributed by atoms with Gasteiger partial charge in [-0.15, -0.1) is 0 Å². The van der Waals surface area contributed by atoms with Crippen LogP contribution in [0.25, 0.3) is 0 Å². The number of allylic oxidation sites excluding steroid dienone is 3. The summed E-state index contributed by atoms with van der Waals surface area (Å²) in [7, 11) is 1.42. The predicted octanol–water partition coefficient (Wildman–Crippen LogP) is 1.50. The van der Waals surface area contributed by atoms with Gasteiger partial charge in [-0.25, -0.2) is 0 Å². The first-order chi connectivity index (χ1) is 6.16. The highest BCUT2D eigenvalue weighted by molar-refractivity contribution is 6.01. The van der Waals surface area contributed by atoms with Crippen LogP contribution in [0.3, 0.4) is 0 Å². The molecule has 0 radical (unpaired) electrons. The van der Waals surface area contributed by atoms with Crippen molar-refractivity contribution in [1.29, 1.82) is 0 Å². The average Bonchev–Trinajstić information content (AvgIpc) is 2.08. The van der Waals surface area contributed by atoms with E-state index in [0.29, 0.717) is 17.7 Å². The molecule has 0 fully saturated rings. The van der Waals surface area contributed by atoms with Crippen LogP contribution >= 0.6 is 0 Å². The fourth-order valence-electron chi connectivity index (χ4n) is 1.12. The van der Waals surface area contributed by atoms with Gasteiger partial charge in [0, 0.05) is 12.5 Å². The molecule has 70 valence electrons. The van der Waals surface area contributed by atoms with Crippen LogP contribution in [-0.4, -0.2) is 17.7 Å². The van der Waals surface area contributed by atoms with Gasteiger partial charge in [-0.1, -0.05) is 11.2 Å². The van der Waals surface area contributed by atoms with Crippen LogP contribution in [0.5, 0.6) is 0 Å². The average molecular weight is 182 g/mol. The van der Waals surface area contributed by atoms with E-state index in [1.54, 1.807) is 13.0 Å². The number of rotatable bonds is 2. The van der Waals surface area contributed by atoms with Crippen molar-refractivity contribution in [2.24, 2.45) is 5.16 Å². The van der Waals surface area contributed by atoms with Crippen molar-refractivity contribution in [3.63, 3.8) is 0 Å². The van der Waals surface area contributed by atoms with Crippen LogP contribution in [0, 0.1) is 10.1 Å². The van der Waals surface area contributed by atoms with Gasteiger partial charge in [0.05, 0.1) is 16.2 Å². The van der Waals surface area contributed by atoms with Crippen molar-refractivity contribution in [1.82, 2.24) is 0 Å². The van der Waals surface area contributed by atoms with Gasteiger partial charge in [-0.05, 0) is 6.92 Å². The molecule has 0 bridgehead atoms. The molecule has 1 rings (SSSR count). The molecule has 0 heterocycles. The lowest BCUT2D eigenvalue weighted by molar-refractivity contribution is -0.419. The number of oxime groups is 1. The first-order valence-electron chi connectivity index (χ1n) is 3.79. The molecule has 5 nitrogen and oxygen atoms in total. The van der Waals surface area contributed by atoms with E-state index in [0.717, 1.165) is 0 Å². The molecular formula is C8H10N2O3. The summed E-state index contributed by atoms with van der Waals surface area (Å²) in [4.78, 5) is 14.7. The molecule has 0 atom stereocenters. The maximum absolute atomic E-state index is 10.5. The lowest BCUT2D eigenvalue weighted by Gasteiger charge is -2.07. The first kappa shape index (κ1) is 9.44. The van der Waals surface area contributed by atoms with Crippen molar-refractivity contribution in [2.45, 2.75) is 13.3 Å². The molecular weight excluding hydrogens is 172 g/mol. The summed E-state index contributed by atoms with van der Waals surface area (Å²) < 4.78 is 0. The van der Waals surface area contributed by atoms with Gasteiger partial charge >= 0.3 is 0 Å². The van der Waals surface area contributed by atoms with Crippen LogP contribution in [0.4, 0.5) is 0 Å². The molecule has 0 amide bonds. The summed E-state index contributed by atoms with van der Waals surface area (Å²) in [6.07, 6.45) is 3.77. The fraction of sp³-hybridized carbons (Fsp3) is 0.375. The molecule has 1 aliphatic carbocycles. The molecule has 0 spiro atoms. The van der Waals surface area contributed by atoms with Crippen molar-refractivity contribution >= 4 is 5.71 Å². The van der Waals surface area contributed by atoms with E-state index in [9.17, 15) is 10.1 Å². The van der Waals surface area contributed by atoms with Crippen molar-refractivity contribution in [3.8, 4) is 0 Å². The third-order valence-corrected chi connectivity index (χ3v) is 1.80. The quantitative estimate of drug-likeness (QED) is 0.480. The number of hydrogen-bond acceptors (Lipinski definition) is 4. The largest absolute Gasteiger partial charge is 0.399 e. The standard InChI is InChI=1S/C8H10N2O3/c1-6-7(9-13-2)4-3-5-8(6)10(11)12/h3,5H,4H2,1-2H3/b9-7+. The molecule has 0 aromatic heterocycles. The van der Waals surface area contributed by atoms with Crippen LogP contribution in [-0.2, 0) is 4.84 Å². The number of hydrogen-bond donors (Lipinski definition) is 0. The molecule has 5 heteroatoms. The van der Waals surface area contributed by atoms with E-state index in [1.165, 1.54) is 13.2 Å². The Hall–Kier alpha value is -1.65. The number of nitrogens with zero attached hydrogens (tertiary/aromatic N) is 2. The highest BCUT2D eigenvalue weighted by Crippen LogP contribution is 2.16. The van der Waals surface area contributed by atoms with E-state index >= 15 is 0 Å². The Bertz CT molecular complexity index is 315. The Balaban J connectivity index is 3.05. The van der Waals surface area contributed by atoms with Crippen LogP contribution in [0.1, 0.15) is 13.3 Å². The molecule has 13 heavy (non-hydrogen) atoms. The van der Waals surface area contributed by atoms with Crippen LogP contribution in [0.2, 0.25) is 0 Å². The number of nitro groups is 1. The van der Waals surface area contributed by atoms with Gasteiger partial charge < -0.3 is 4.84 Å². The summed E-state index contributed by atoms with van der Waals surface area (Å²) in [5, 5.41) is 14.2. The Morgan fingerprint density at radius 1 is 1.69 bits per heavy atom. The summed E-state index contributed by atoms with van der Waals surface area (Å²) in [5.41, 5.74) is 1.26. The Morgan fingerprint density at radius 2 is 2.38 bits per heavy atom. The zero-order chi connectivity index (χ0) is 9.84. The molecule has 0 aromatic rings. The van der Waals surface area contributed by atoms with Crippen molar-refractivity contribution in [3.05, 3.63) is 33.5 Å². The summed E-state index contributed by atoms with van der Waals surface area (Å²) >= 11 is 0. The van der Waals surface area contributed by atoms with Crippen molar-refractivity contribution < 1.29 is 9.76 Å². The normalized spacial score (nSPS) is 19.4. The maximum atomic E-state index is 10.5. The lowest BCUT2D eigenvalue weighted by Crippen LogP contribution is -2.11. The van der Waals surface area contributed by atoms with Crippen LogP contribution < -0.4 is 0 Å². The second-order valence-corrected chi connectivity index (χ2v) is 2.59. The van der Waals surface area contributed by atoms with Gasteiger partial charge in [0.1, 0.15) is 7.11 Å².